The number of Topliss-reactive ketones (excluding diaryl/α,β-unsaturated/α-hetero) is 1. The molecule has 0 aliphatic carbocycles. The van der Waals surface area contributed by atoms with E-state index in [1.54, 1.807) is 0 Å². The average molecular weight is 180 g/mol. The molecule has 2 fully saturated rings. The summed E-state index contributed by atoms with van der Waals surface area (Å²) >= 11 is 0. The van der Waals surface area contributed by atoms with E-state index in [4.69, 9.17) is 6.92 Å². The molecule has 0 saturated carbocycles. The number of nitrogens with zero attached hydrogens (tertiary/aromatic N) is 1. The molecule has 0 aromatic carbocycles. The zero-order chi connectivity index (χ0) is 9.42. The monoisotopic (exact) mass is 180 g/mol. The van der Waals surface area contributed by atoms with E-state index in [-0.39, 0.29) is 30.2 Å². The normalized spacial score (nSPS) is 38.5. The summed E-state index contributed by atoms with van der Waals surface area (Å²) in [6, 6.07) is 0.307. The topological polar surface area (TPSA) is 40.2 Å². The van der Waals surface area contributed by atoms with Crippen molar-refractivity contribution in [3.8, 4) is 0 Å². The van der Waals surface area contributed by atoms with Crippen molar-refractivity contribution in [2.45, 2.75) is 44.2 Å². The Balaban J connectivity index is 1.93. The van der Waals surface area contributed by atoms with E-state index in [1.165, 1.54) is 5.06 Å². The van der Waals surface area contributed by atoms with Gasteiger partial charge in [0, 0.05) is 24.9 Å². The van der Waals surface area contributed by atoms with E-state index in [0.29, 0.717) is 6.42 Å². The van der Waals surface area contributed by atoms with Crippen LogP contribution in [0.2, 0.25) is 0 Å². The first-order valence-electron chi connectivity index (χ1n) is 4.89. The van der Waals surface area contributed by atoms with Crippen LogP contribution in [-0.2, 0) is 10.0 Å². The maximum absolute atomic E-state index is 11.4. The van der Waals surface area contributed by atoms with Gasteiger partial charge in [0.25, 0.3) is 0 Å². The first kappa shape index (κ1) is 9.16. The lowest BCUT2D eigenvalue weighted by molar-refractivity contribution is -0.175. The van der Waals surface area contributed by atoms with E-state index in [2.05, 4.69) is 0 Å². The Labute approximate surface area is 78.7 Å². The van der Waals surface area contributed by atoms with Crippen LogP contribution in [0.3, 0.4) is 0 Å². The molecular formula is C10H14NO2. The zero-order valence-electron chi connectivity index (χ0n) is 7.61. The maximum atomic E-state index is 11.4. The number of carbonyl (C=O) groups is 1. The van der Waals surface area contributed by atoms with Gasteiger partial charge in [0.2, 0.25) is 0 Å². The highest BCUT2D eigenvalue weighted by Crippen LogP contribution is 2.42. The van der Waals surface area contributed by atoms with Crippen molar-refractivity contribution in [2.75, 3.05) is 0 Å². The van der Waals surface area contributed by atoms with Gasteiger partial charge in [-0.1, -0.05) is 0 Å². The summed E-state index contributed by atoms with van der Waals surface area (Å²) in [5.41, 5.74) is 0. The second-order valence-corrected chi connectivity index (χ2v) is 4.10. The molecule has 2 heterocycles. The third-order valence-electron chi connectivity index (χ3n) is 3.32. The van der Waals surface area contributed by atoms with Crippen molar-refractivity contribution in [2.24, 2.45) is 5.92 Å². The Morgan fingerprint density at radius 3 is 2.69 bits per heavy atom. The number of ketones is 1. The molecule has 3 nitrogen and oxygen atoms in total. The summed E-state index contributed by atoms with van der Waals surface area (Å²) in [4.78, 5) is 11.1. The summed E-state index contributed by atoms with van der Waals surface area (Å²) in [6.45, 7) is 5.24. The van der Waals surface area contributed by atoms with Crippen molar-refractivity contribution < 1.29 is 10.0 Å². The number of hydroxylamine groups is 2. The van der Waals surface area contributed by atoms with Crippen LogP contribution in [-0.4, -0.2) is 22.9 Å². The third kappa shape index (κ3) is 1.51. The summed E-state index contributed by atoms with van der Waals surface area (Å²) in [5.74, 6) is 0.373. The number of carbonyl (C=O) groups excluding carboxylic acids is 1. The van der Waals surface area contributed by atoms with Gasteiger partial charge in [0.15, 0.2) is 0 Å². The van der Waals surface area contributed by atoms with Gasteiger partial charge < -0.3 is 0 Å². The number of hydrogen-bond acceptors (Lipinski definition) is 2. The van der Waals surface area contributed by atoms with Crippen LogP contribution in [0.5, 0.6) is 0 Å². The van der Waals surface area contributed by atoms with E-state index in [9.17, 15) is 10.0 Å². The molecule has 2 aliphatic rings. The van der Waals surface area contributed by atoms with Crippen LogP contribution in [0.15, 0.2) is 0 Å². The molecule has 3 atom stereocenters. The Morgan fingerprint density at radius 2 is 2.23 bits per heavy atom. The molecule has 2 rings (SSSR count). The molecule has 0 amide bonds. The van der Waals surface area contributed by atoms with Crippen LogP contribution in [0, 0.1) is 12.8 Å². The summed E-state index contributed by atoms with van der Waals surface area (Å²) < 4.78 is 0. The Morgan fingerprint density at radius 1 is 1.46 bits per heavy atom. The van der Waals surface area contributed by atoms with Crippen LogP contribution in [0.4, 0.5) is 0 Å². The van der Waals surface area contributed by atoms with Gasteiger partial charge in [0.05, 0.1) is 0 Å². The fourth-order valence-corrected chi connectivity index (χ4v) is 2.66. The number of rotatable bonds is 3. The summed E-state index contributed by atoms with van der Waals surface area (Å²) in [7, 11) is 0. The largest absolute Gasteiger partial charge is 0.300 e. The van der Waals surface area contributed by atoms with Crippen LogP contribution < -0.4 is 0 Å². The highest BCUT2D eigenvalue weighted by molar-refractivity contribution is 5.79. The maximum Gasteiger partial charge on any atom is 0.133 e. The SMILES string of the molecule is [CH]CC(=O)CC1CC2CCC1N2[O]. The average Bonchev–Trinajstić information content (AvgIpc) is 2.61. The van der Waals surface area contributed by atoms with Crippen molar-refractivity contribution in [3.63, 3.8) is 0 Å². The molecule has 2 bridgehead atoms. The molecule has 13 heavy (non-hydrogen) atoms. The lowest BCUT2D eigenvalue weighted by atomic mass is 9.85. The lowest BCUT2D eigenvalue weighted by Gasteiger charge is -2.18. The Kier molecular flexibility index (Phi) is 2.39. The van der Waals surface area contributed by atoms with Gasteiger partial charge in [-0.25, -0.2) is 0 Å². The van der Waals surface area contributed by atoms with Gasteiger partial charge in [-0.3, -0.25) is 4.79 Å². The predicted molar refractivity (Wildman–Crippen MR) is 46.0 cm³/mol. The second kappa shape index (κ2) is 3.39. The van der Waals surface area contributed by atoms with Crippen molar-refractivity contribution in [1.82, 2.24) is 5.06 Å². The fraction of sp³-hybridized carbons (Fsp3) is 0.800. The first-order valence-corrected chi connectivity index (χ1v) is 4.89. The molecule has 2 aliphatic heterocycles. The summed E-state index contributed by atoms with van der Waals surface area (Å²) in [6.07, 6.45) is 3.52. The molecule has 0 aromatic rings. The van der Waals surface area contributed by atoms with Crippen molar-refractivity contribution in [3.05, 3.63) is 6.92 Å². The second-order valence-electron chi connectivity index (χ2n) is 4.10. The molecule has 2 saturated heterocycles. The lowest BCUT2D eigenvalue weighted by Crippen LogP contribution is -2.26. The van der Waals surface area contributed by atoms with Crippen LogP contribution in [0.1, 0.15) is 32.1 Å². The van der Waals surface area contributed by atoms with Gasteiger partial charge in [-0.15, -0.1) is 10.3 Å². The summed E-state index contributed by atoms with van der Waals surface area (Å²) in [5, 5.41) is 12.6. The predicted octanol–water partition coefficient (Wildman–Crippen LogP) is 1.25. The van der Waals surface area contributed by atoms with E-state index in [0.717, 1.165) is 19.3 Å². The smallest absolute Gasteiger partial charge is 0.133 e. The van der Waals surface area contributed by atoms with Gasteiger partial charge in [-0.2, -0.15) is 0 Å². The van der Waals surface area contributed by atoms with E-state index < -0.39 is 0 Å². The molecule has 3 heteroatoms. The molecular weight excluding hydrogens is 166 g/mol. The molecule has 71 valence electrons. The minimum absolute atomic E-state index is 0.0888. The quantitative estimate of drug-likeness (QED) is 0.655. The molecule has 3 radical (unpaired) electrons. The third-order valence-corrected chi connectivity index (χ3v) is 3.32. The number of hydrogen-bond donors (Lipinski definition) is 0. The standard InChI is InChI=1S/C10H14NO2/c1-2-9(12)6-7-5-8-3-4-10(7)11(8)13/h1,7-8,10H,2-6H2. The van der Waals surface area contributed by atoms with E-state index in [1.807, 2.05) is 0 Å². The first-order chi connectivity index (χ1) is 6.22. The molecule has 0 N–H and O–H groups in total. The minimum atomic E-state index is 0.0888. The molecule has 3 unspecified atom stereocenters. The fourth-order valence-electron chi connectivity index (χ4n) is 2.66. The van der Waals surface area contributed by atoms with Gasteiger partial charge >= 0.3 is 0 Å². The highest BCUT2D eigenvalue weighted by atomic mass is 16.5. The Bertz CT molecular complexity index is 217. The van der Waals surface area contributed by atoms with Crippen molar-refractivity contribution >= 4 is 5.78 Å². The van der Waals surface area contributed by atoms with E-state index >= 15 is 0 Å². The van der Waals surface area contributed by atoms with Gasteiger partial charge in [-0.05, 0) is 32.1 Å². The highest BCUT2D eigenvalue weighted by Gasteiger charge is 2.46. The minimum Gasteiger partial charge on any atom is -0.300 e. The molecule has 0 spiro atoms. The number of fused-ring (bicyclic) bond motifs is 2. The van der Waals surface area contributed by atoms with Crippen molar-refractivity contribution in [1.29, 1.82) is 0 Å². The van der Waals surface area contributed by atoms with Crippen LogP contribution in [0.25, 0.3) is 0 Å². The Hall–Kier alpha value is -0.410. The molecule has 0 aromatic heterocycles. The zero-order valence-corrected chi connectivity index (χ0v) is 7.61. The van der Waals surface area contributed by atoms with Crippen LogP contribution >= 0.6 is 0 Å². The van der Waals surface area contributed by atoms with Gasteiger partial charge in [0.1, 0.15) is 5.78 Å².